The number of rotatable bonds is 8. The summed E-state index contributed by atoms with van der Waals surface area (Å²) in [6, 6.07) is 0. The van der Waals surface area contributed by atoms with Crippen molar-refractivity contribution >= 4 is 0 Å². The van der Waals surface area contributed by atoms with Crippen molar-refractivity contribution in [2.24, 2.45) is 11.3 Å². The van der Waals surface area contributed by atoms with Gasteiger partial charge in [-0.2, -0.15) is 0 Å². The van der Waals surface area contributed by atoms with Gasteiger partial charge < -0.3 is 5.32 Å². The molecule has 1 aliphatic rings. The Morgan fingerprint density at radius 2 is 1.82 bits per heavy atom. The van der Waals surface area contributed by atoms with Crippen LogP contribution in [0.1, 0.15) is 79.6 Å². The van der Waals surface area contributed by atoms with E-state index in [-0.39, 0.29) is 5.54 Å². The third kappa shape index (κ3) is 5.90. The molecule has 17 heavy (non-hydrogen) atoms. The lowest BCUT2D eigenvalue weighted by Gasteiger charge is -2.27. The van der Waals surface area contributed by atoms with Gasteiger partial charge in [0.1, 0.15) is 0 Å². The highest BCUT2D eigenvalue weighted by atomic mass is 15.0. The highest BCUT2D eigenvalue weighted by molar-refractivity contribution is 4.97. The predicted octanol–water partition coefficient (Wildman–Crippen LogP) is 4.76. The molecule has 0 bridgehead atoms. The van der Waals surface area contributed by atoms with Crippen molar-refractivity contribution < 1.29 is 0 Å². The van der Waals surface area contributed by atoms with Crippen LogP contribution in [0.4, 0.5) is 0 Å². The van der Waals surface area contributed by atoms with Crippen LogP contribution in [0.15, 0.2) is 0 Å². The molecular weight excluding hydrogens is 206 g/mol. The fourth-order valence-corrected chi connectivity index (χ4v) is 2.64. The van der Waals surface area contributed by atoms with E-state index in [0.717, 1.165) is 5.92 Å². The Bertz CT molecular complexity index is 210. The summed E-state index contributed by atoms with van der Waals surface area (Å²) in [5.41, 5.74) is 0.947. The molecule has 0 aromatic rings. The minimum atomic E-state index is 0.278. The van der Waals surface area contributed by atoms with E-state index in [4.69, 9.17) is 0 Å². The van der Waals surface area contributed by atoms with Crippen LogP contribution < -0.4 is 5.32 Å². The van der Waals surface area contributed by atoms with E-state index in [1.54, 1.807) is 0 Å². The van der Waals surface area contributed by atoms with Crippen LogP contribution in [0.2, 0.25) is 0 Å². The van der Waals surface area contributed by atoms with Crippen molar-refractivity contribution in [3.63, 3.8) is 0 Å². The first kappa shape index (κ1) is 15.0. The Hall–Kier alpha value is -0.0400. The van der Waals surface area contributed by atoms with E-state index in [2.05, 4.69) is 39.9 Å². The summed E-state index contributed by atoms with van der Waals surface area (Å²) in [5, 5.41) is 3.71. The summed E-state index contributed by atoms with van der Waals surface area (Å²) >= 11 is 0. The normalized spacial score (nSPS) is 20.3. The highest BCUT2D eigenvalue weighted by Gasteiger charge is 2.43. The Morgan fingerprint density at radius 1 is 1.18 bits per heavy atom. The Morgan fingerprint density at radius 3 is 2.24 bits per heavy atom. The van der Waals surface area contributed by atoms with Crippen molar-refractivity contribution in [3.05, 3.63) is 0 Å². The van der Waals surface area contributed by atoms with Crippen LogP contribution in [-0.4, -0.2) is 12.1 Å². The number of unbranched alkanes of at least 4 members (excludes halogenated alkanes) is 1. The highest BCUT2D eigenvalue weighted by Crippen LogP contribution is 2.51. The second-order valence-corrected chi connectivity index (χ2v) is 7.22. The first-order valence-electron chi connectivity index (χ1n) is 7.66. The zero-order valence-electron chi connectivity index (χ0n) is 12.7. The van der Waals surface area contributed by atoms with Crippen LogP contribution in [0.3, 0.4) is 0 Å². The average Bonchev–Trinajstić information content (AvgIpc) is 3.01. The van der Waals surface area contributed by atoms with Crippen LogP contribution in [0.25, 0.3) is 0 Å². The molecule has 1 rings (SSSR count). The molecule has 1 aliphatic carbocycles. The fraction of sp³-hybridized carbons (Fsp3) is 1.00. The molecule has 1 nitrogen and oxygen atoms in total. The quantitative estimate of drug-likeness (QED) is 0.644. The lowest BCUT2D eigenvalue weighted by molar-refractivity contribution is 0.283. The first-order chi connectivity index (χ1) is 7.91. The molecule has 102 valence electrons. The van der Waals surface area contributed by atoms with Crippen molar-refractivity contribution in [2.45, 2.75) is 85.1 Å². The summed E-state index contributed by atoms with van der Waals surface area (Å²) in [7, 11) is 0. The minimum absolute atomic E-state index is 0.278. The van der Waals surface area contributed by atoms with E-state index in [1.165, 1.54) is 51.5 Å². The lowest BCUT2D eigenvalue weighted by Crippen LogP contribution is -2.40. The fourth-order valence-electron chi connectivity index (χ4n) is 2.64. The second kappa shape index (κ2) is 6.22. The predicted molar refractivity (Wildman–Crippen MR) is 77.3 cm³/mol. The molecule has 1 fully saturated rings. The monoisotopic (exact) mass is 239 g/mol. The van der Waals surface area contributed by atoms with Crippen molar-refractivity contribution in [1.29, 1.82) is 0 Å². The molecule has 1 unspecified atom stereocenters. The Kier molecular flexibility index (Phi) is 5.50. The standard InChI is InChI=1S/C16H33N/c1-6-8-9-14(7-2)12-16(10-11-16)13-17-15(3,4)5/h14,17H,6-13H2,1-5H3. The number of hydrogen-bond acceptors (Lipinski definition) is 1. The number of hydrogen-bond donors (Lipinski definition) is 1. The average molecular weight is 239 g/mol. The first-order valence-corrected chi connectivity index (χ1v) is 7.66. The molecule has 0 amide bonds. The van der Waals surface area contributed by atoms with Crippen LogP contribution in [0.5, 0.6) is 0 Å². The van der Waals surface area contributed by atoms with Crippen molar-refractivity contribution in [2.75, 3.05) is 6.54 Å². The molecular formula is C16H33N. The summed E-state index contributed by atoms with van der Waals surface area (Å²) in [6.45, 7) is 12.7. The van der Waals surface area contributed by atoms with Gasteiger partial charge in [0.15, 0.2) is 0 Å². The van der Waals surface area contributed by atoms with E-state index < -0.39 is 0 Å². The third-order valence-corrected chi connectivity index (χ3v) is 4.22. The summed E-state index contributed by atoms with van der Waals surface area (Å²) in [6.07, 6.45) is 9.97. The van der Waals surface area contributed by atoms with Gasteiger partial charge in [-0.05, 0) is 51.4 Å². The maximum atomic E-state index is 3.71. The van der Waals surface area contributed by atoms with Gasteiger partial charge in [0.2, 0.25) is 0 Å². The van der Waals surface area contributed by atoms with Gasteiger partial charge >= 0.3 is 0 Å². The lowest BCUT2D eigenvalue weighted by atomic mass is 9.86. The zero-order valence-corrected chi connectivity index (χ0v) is 12.7. The molecule has 0 spiro atoms. The van der Waals surface area contributed by atoms with Crippen molar-refractivity contribution in [1.82, 2.24) is 5.32 Å². The van der Waals surface area contributed by atoms with Gasteiger partial charge in [0.05, 0.1) is 0 Å². The van der Waals surface area contributed by atoms with Crippen molar-refractivity contribution in [3.8, 4) is 0 Å². The second-order valence-electron chi connectivity index (χ2n) is 7.22. The maximum absolute atomic E-state index is 3.71. The van der Waals surface area contributed by atoms with Crippen LogP contribution in [-0.2, 0) is 0 Å². The summed E-state index contributed by atoms with van der Waals surface area (Å²) < 4.78 is 0. The molecule has 0 heterocycles. The largest absolute Gasteiger partial charge is 0.312 e. The molecule has 0 aliphatic heterocycles. The SMILES string of the molecule is CCCCC(CC)CC1(CNC(C)(C)C)CC1. The molecule has 1 heteroatoms. The van der Waals surface area contributed by atoms with Crippen LogP contribution in [0, 0.1) is 11.3 Å². The van der Waals surface area contributed by atoms with Gasteiger partial charge in [-0.25, -0.2) is 0 Å². The topological polar surface area (TPSA) is 12.0 Å². The zero-order chi connectivity index (χ0) is 12.9. The van der Waals surface area contributed by atoms with Gasteiger partial charge in [0.25, 0.3) is 0 Å². The molecule has 1 saturated carbocycles. The van der Waals surface area contributed by atoms with Gasteiger partial charge in [-0.3, -0.25) is 0 Å². The van der Waals surface area contributed by atoms with Gasteiger partial charge in [0, 0.05) is 12.1 Å². The smallest absolute Gasteiger partial charge is 0.00967 e. The Balaban J connectivity index is 2.32. The summed E-state index contributed by atoms with van der Waals surface area (Å²) in [5.74, 6) is 0.971. The van der Waals surface area contributed by atoms with E-state index >= 15 is 0 Å². The van der Waals surface area contributed by atoms with E-state index in [0.29, 0.717) is 5.41 Å². The molecule has 0 radical (unpaired) electrons. The molecule has 1 atom stereocenters. The molecule has 1 N–H and O–H groups in total. The van der Waals surface area contributed by atoms with Gasteiger partial charge in [-0.1, -0.05) is 39.5 Å². The Labute approximate surface area is 109 Å². The summed E-state index contributed by atoms with van der Waals surface area (Å²) in [4.78, 5) is 0. The third-order valence-electron chi connectivity index (χ3n) is 4.22. The van der Waals surface area contributed by atoms with Crippen LogP contribution >= 0.6 is 0 Å². The van der Waals surface area contributed by atoms with E-state index in [1.807, 2.05) is 0 Å². The van der Waals surface area contributed by atoms with E-state index in [9.17, 15) is 0 Å². The molecule has 0 saturated heterocycles. The number of nitrogens with one attached hydrogen (secondary N) is 1. The maximum Gasteiger partial charge on any atom is 0.00967 e. The minimum Gasteiger partial charge on any atom is -0.312 e. The molecule has 0 aromatic carbocycles. The molecule has 0 aromatic heterocycles. The van der Waals surface area contributed by atoms with Gasteiger partial charge in [-0.15, -0.1) is 0 Å².